The first kappa shape index (κ1) is 9.96. The number of hydrogen-bond donors (Lipinski definition) is 2. The minimum Gasteiger partial charge on any atom is -0.317 e. The molecule has 1 rings (SSSR count). The van der Waals surface area contributed by atoms with Crippen molar-refractivity contribution in [3.05, 3.63) is 0 Å². The van der Waals surface area contributed by atoms with Crippen LogP contribution in [0.5, 0.6) is 0 Å². The van der Waals surface area contributed by atoms with Gasteiger partial charge in [-0.25, -0.2) is 0 Å². The van der Waals surface area contributed by atoms with Crippen LogP contribution in [0.4, 0.5) is 0 Å². The predicted octanol–water partition coefficient (Wildman–Crippen LogP) is -0.110. The van der Waals surface area contributed by atoms with Gasteiger partial charge in [-0.1, -0.05) is 0 Å². The van der Waals surface area contributed by atoms with Crippen LogP contribution in [-0.2, 0) is 0 Å². The van der Waals surface area contributed by atoms with Gasteiger partial charge in [-0.3, -0.25) is 0 Å². The molecule has 1 aliphatic rings. The largest absolute Gasteiger partial charge is 0.317 e. The summed E-state index contributed by atoms with van der Waals surface area (Å²) in [4.78, 5) is 2.27. The Morgan fingerprint density at radius 1 is 1.33 bits per heavy atom. The average molecular weight is 171 g/mol. The highest BCUT2D eigenvalue weighted by atomic mass is 15.1. The molecule has 1 saturated heterocycles. The minimum atomic E-state index is 0.356. The summed E-state index contributed by atoms with van der Waals surface area (Å²) < 4.78 is 0. The third kappa shape index (κ3) is 2.44. The lowest BCUT2D eigenvalue weighted by Crippen LogP contribution is -2.56. The van der Waals surface area contributed by atoms with Gasteiger partial charge in [-0.15, -0.1) is 0 Å². The summed E-state index contributed by atoms with van der Waals surface area (Å²) in [5.74, 6) is 0. The molecular weight excluding hydrogens is 150 g/mol. The normalized spacial score (nSPS) is 23.0. The number of nitrogens with zero attached hydrogens (tertiary/aromatic N) is 1. The maximum absolute atomic E-state index is 3.47. The number of rotatable bonds is 3. The fourth-order valence-electron chi connectivity index (χ4n) is 2.00. The number of piperidine rings is 1. The molecule has 0 bridgehead atoms. The van der Waals surface area contributed by atoms with Crippen LogP contribution >= 0.6 is 0 Å². The molecular formula is C9H21N3. The molecule has 72 valence electrons. The van der Waals surface area contributed by atoms with E-state index in [2.05, 4.69) is 36.7 Å². The molecule has 0 aromatic heterocycles. The minimum absolute atomic E-state index is 0.356. The van der Waals surface area contributed by atoms with Gasteiger partial charge >= 0.3 is 0 Å². The highest BCUT2D eigenvalue weighted by Crippen LogP contribution is 2.17. The van der Waals surface area contributed by atoms with E-state index in [0.717, 1.165) is 19.6 Å². The van der Waals surface area contributed by atoms with E-state index in [1.165, 1.54) is 12.8 Å². The second kappa shape index (κ2) is 4.21. The summed E-state index contributed by atoms with van der Waals surface area (Å²) in [6.07, 6.45) is 2.48. The Labute approximate surface area is 75.5 Å². The van der Waals surface area contributed by atoms with E-state index in [9.17, 15) is 0 Å². The molecule has 0 saturated carbocycles. The first-order valence-corrected chi connectivity index (χ1v) is 4.73. The van der Waals surface area contributed by atoms with Crippen LogP contribution < -0.4 is 10.6 Å². The number of nitrogens with one attached hydrogen (secondary N) is 2. The zero-order chi connectivity index (χ0) is 9.03. The lowest BCUT2D eigenvalue weighted by Gasteiger charge is -2.39. The summed E-state index contributed by atoms with van der Waals surface area (Å²) in [7, 11) is 6.36. The topological polar surface area (TPSA) is 27.3 Å². The van der Waals surface area contributed by atoms with Crippen molar-refractivity contribution in [3.8, 4) is 0 Å². The highest BCUT2D eigenvalue weighted by molar-refractivity contribution is 4.92. The molecule has 12 heavy (non-hydrogen) atoms. The fraction of sp³-hybridized carbons (Fsp3) is 1.00. The molecule has 2 N–H and O–H groups in total. The number of hydrogen-bond acceptors (Lipinski definition) is 3. The average Bonchev–Trinajstić information content (AvgIpc) is 2.05. The van der Waals surface area contributed by atoms with Gasteiger partial charge in [-0.2, -0.15) is 0 Å². The zero-order valence-corrected chi connectivity index (χ0v) is 8.48. The Kier molecular flexibility index (Phi) is 3.50. The van der Waals surface area contributed by atoms with Gasteiger partial charge < -0.3 is 15.5 Å². The predicted molar refractivity (Wildman–Crippen MR) is 52.4 cm³/mol. The van der Waals surface area contributed by atoms with E-state index in [1.54, 1.807) is 0 Å². The molecule has 3 nitrogen and oxygen atoms in total. The van der Waals surface area contributed by atoms with Gasteiger partial charge in [0.2, 0.25) is 0 Å². The molecule has 0 unspecified atom stereocenters. The molecule has 0 atom stereocenters. The summed E-state index contributed by atoms with van der Waals surface area (Å²) >= 11 is 0. The monoisotopic (exact) mass is 171 g/mol. The van der Waals surface area contributed by atoms with E-state index in [0.29, 0.717) is 5.54 Å². The lowest BCUT2D eigenvalue weighted by molar-refractivity contribution is 0.193. The molecule has 0 aromatic carbocycles. The molecule has 1 fully saturated rings. The van der Waals surface area contributed by atoms with Crippen LogP contribution in [0.2, 0.25) is 0 Å². The first-order chi connectivity index (χ1) is 5.68. The van der Waals surface area contributed by atoms with Crippen molar-refractivity contribution < 1.29 is 0 Å². The zero-order valence-electron chi connectivity index (χ0n) is 8.48. The first-order valence-electron chi connectivity index (χ1n) is 4.73. The van der Waals surface area contributed by atoms with Crippen molar-refractivity contribution >= 4 is 0 Å². The van der Waals surface area contributed by atoms with Gasteiger partial charge in [0.1, 0.15) is 0 Å². The van der Waals surface area contributed by atoms with Gasteiger partial charge in [0, 0.05) is 12.1 Å². The Morgan fingerprint density at radius 2 is 1.92 bits per heavy atom. The fourth-order valence-corrected chi connectivity index (χ4v) is 2.00. The third-order valence-electron chi connectivity index (χ3n) is 2.71. The van der Waals surface area contributed by atoms with Crippen LogP contribution in [0.25, 0.3) is 0 Å². The van der Waals surface area contributed by atoms with E-state index in [4.69, 9.17) is 0 Å². The Balaban J connectivity index is 2.48. The van der Waals surface area contributed by atoms with E-state index < -0.39 is 0 Å². The number of likely N-dealkylation sites (N-methyl/N-ethyl adjacent to an activating group) is 2. The van der Waals surface area contributed by atoms with Crippen molar-refractivity contribution in [2.24, 2.45) is 0 Å². The maximum Gasteiger partial charge on any atom is 0.0330 e. The third-order valence-corrected chi connectivity index (χ3v) is 2.71. The SMILES string of the molecule is CNC1(CN(C)C)CCNCC1. The highest BCUT2D eigenvalue weighted by Gasteiger charge is 2.30. The van der Waals surface area contributed by atoms with Crippen molar-refractivity contribution in [3.63, 3.8) is 0 Å². The molecule has 1 heterocycles. The van der Waals surface area contributed by atoms with Gasteiger partial charge in [-0.05, 0) is 47.1 Å². The standard InChI is InChI=1S/C9H21N3/c1-10-9(8-12(2)3)4-6-11-7-5-9/h10-11H,4-8H2,1-3H3. The quantitative estimate of drug-likeness (QED) is 0.620. The molecule has 1 aliphatic heterocycles. The Hall–Kier alpha value is -0.120. The van der Waals surface area contributed by atoms with Crippen LogP contribution in [0, 0.1) is 0 Å². The maximum atomic E-state index is 3.47. The van der Waals surface area contributed by atoms with Crippen LogP contribution in [0.3, 0.4) is 0 Å². The summed E-state index contributed by atoms with van der Waals surface area (Å²) in [5.41, 5.74) is 0.356. The van der Waals surface area contributed by atoms with E-state index >= 15 is 0 Å². The van der Waals surface area contributed by atoms with E-state index in [-0.39, 0.29) is 0 Å². The van der Waals surface area contributed by atoms with Crippen molar-refractivity contribution in [2.45, 2.75) is 18.4 Å². The van der Waals surface area contributed by atoms with Crippen molar-refractivity contribution in [2.75, 3.05) is 40.8 Å². The lowest BCUT2D eigenvalue weighted by atomic mass is 9.88. The van der Waals surface area contributed by atoms with E-state index in [1.807, 2.05) is 0 Å². The van der Waals surface area contributed by atoms with Crippen molar-refractivity contribution in [1.29, 1.82) is 0 Å². The second-order valence-electron chi connectivity index (χ2n) is 4.02. The summed E-state index contributed by atoms with van der Waals surface area (Å²) in [6.45, 7) is 3.44. The van der Waals surface area contributed by atoms with Gasteiger partial charge in [0.25, 0.3) is 0 Å². The molecule has 0 amide bonds. The molecule has 0 radical (unpaired) electrons. The molecule has 0 spiro atoms. The molecule has 0 aromatic rings. The Morgan fingerprint density at radius 3 is 2.33 bits per heavy atom. The molecule has 0 aliphatic carbocycles. The van der Waals surface area contributed by atoms with Crippen molar-refractivity contribution in [1.82, 2.24) is 15.5 Å². The Bertz CT molecular complexity index is 128. The van der Waals surface area contributed by atoms with Crippen LogP contribution in [-0.4, -0.2) is 51.2 Å². The van der Waals surface area contributed by atoms with Gasteiger partial charge in [0.05, 0.1) is 0 Å². The molecule has 3 heteroatoms. The summed E-state index contributed by atoms with van der Waals surface area (Å²) in [6, 6.07) is 0. The smallest absolute Gasteiger partial charge is 0.0330 e. The van der Waals surface area contributed by atoms with Crippen LogP contribution in [0.15, 0.2) is 0 Å². The summed E-state index contributed by atoms with van der Waals surface area (Å²) in [5, 5.41) is 6.86. The second-order valence-corrected chi connectivity index (χ2v) is 4.02. The van der Waals surface area contributed by atoms with Crippen LogP contribution in [0.1, 0.15) is 12.8 Å². The van der Waals surface area contributed by atoms with Gasteiger partial charge in [0.15, 0.2) is 0 Å².